The maximum atomic E-state index is 10.7. The molecule has 18 heavy (non-hydrogen) atoms. The van der Waals surface area contributed by atoms with Crippen LogP contribution in [0.4, 0.5) is 11.4 Å². The third-order valence-corrected chi connectivity index (χ3v) is 3.72. The van der Waals surface area contributed by atoms with E-state index in [-0.39, 0.29) is 5.69 Å². The molecule has 2 rings (SSSR count). The zero-order valence-corrected chi connectivity index (χ0v) is 11.1. The van der Waals surface area contributed by atoms with E-state index < -0.39 is 4.92 Å². The highest BCUT2D eigenvalue weighted by Crippen LogP contribution is 2.39. The Morgan fingerprint density at radius 3 is 2.50 bits per heavy atom. The van der Waals surface area contributed by atoms with Crippen LogP contribution in [0.15, 0.2) is 12.1 Å². The van der Waals surface area contributed by atoms with Crippen LogP contribution in [-0.4, -0.2) is 24.6 Å². The predicted molar refractivity (Wildman–Crippen MR) is 72.5 cm³/mol. The van der Waals surface area contributed by atoms with E-state index in [2.05, 4.69) is 0 Å². The Labute approximate surface area is 115 Å². The van der Waals surface area contributed by atoms with Gasteiger partial charge in [0.1, 0.15) is 0 Å². The van der Waals surface area contributed by atoms with Gasteiger partial charge < -0.3 is 10.6 Å². The molecule has 1 atom stereocenters. The van der Waals surface area contributed by atoms with Crippen LogP contribution in [0, 0.1) is 16.0 Å². The average molecular weight is 290 g/mol. The lowest BCUT2D eigenvalue weighted by molar-refractivity contribution is -0.384. The number of anilines is 1. The van der Waals surface area contributed by atoms with Gasteiger partial charge in [0.05, 0.1) is 20.7 Å². The van der Waals surface area contributed by atoms with Gasteiger partial charge in [0.25, 0.3) is 5.69 Å². The van der Waals surface area contributed by atoms with E-state index in [4.69, 9.17) is 28.9 Å². The molecule has 0 amide bonds. The molecule has 1 heterocycles. The van der Waals surface area contributed by atoms with Crippen LogP contribution in [0.2, 0.25) is 10.0 Å². The highest BCUT2D eigenvalue weighted by atomic mass is 35.5. The lowest BCUT2D eigenvalue weighted by Gasteiger charge is -2.21. The first kappa shape index (κ1) is 13.4. The van der Waals surface area contributed by atoms with Crippen LogP contribution in [0.3, 0.4) is 0 Å². The van der Waals surface area contributed by atoms with Crippen molar-refractivity contribution in [1.82, 2.24) is 0 Å². The Balaban J connectivity index is 2.32. The van der Waals surface area contributed by atoms with E-state index in [9.17, 15) is 10.1 Å². The number of non-ortho nitro benzene ring substituents is 1. The van der Waals surface area contributed by atoms with Gasteiger partial charge in [-0.1, -0.05) is 23.2 Å². The molecule has 0 aromatic heterocycles. The van der Waals surface area contributed by atoms with Gasteiger partial charge in [-0.2, -0.15) is 0 Å². The quantitative estimate of drug-likeness (QED) is 0.686. The molecule has 2 N–H and O–H groups in total. The standard InChI is InChI=1S/C11H13Cl2N3O2/c12-9-3-8(16(17)18)4-10(13)11(9)15-2-1-7(5-14)6-15/h3-4,7H,1-2,5-6,14H2. The van der Waals surface area contributed by atoms with Crippen LogP contribution in [0.1, 0.15) is 6.42 Å². The van der Waals surface area contributed by atoms with Crippen LogP contribution in [0.5, 0.6) is 0 Å². The number of hydrogen-bond donors (Lipinski definition) is 1. The Kier molecular flexibility index (Phi) is 3.94. The van der Waals surface area contributed by atoms with E-state index in [1.807, 2.05) is 4.90 Å². The summed E-state index contributed by atoms with van der Waals surface area (Å²) in [5.41, 5.74) is 6.20. The zero-order chi connectivity index (χ0) is 13.3. The van der Waals surface area contributed by atoms with E-state index in [1.54, 1.807) is 0 Å². The number of halogens is 2. The Bertz CT molecular complexity index is 458. The highest BCUT2D eigenvalue weighted by molar-refractivity contribution is 6.39. The van der Waals surface area contributed by atoms with E-state index in [0.717, 1.165) is 19.5 Å². The second kappa shape index (κ2) is 5.30. The van der Waals surface area contributed by atoms with Gasteiger partial charge in [-0.25, -0.2) is 0 Å². The maximum Gasteiger partial charge on any atom is 0.272 e. The highest BCUT2D eigenvalue weighted by Gasteiger charge is 2.26. The number of nitrogens with two attached hydrogens (primary N) is 1. The van der Waals surface area contributed by atoms with Gasteiger partial charge in [0.2, 0.25) is 0 Å². The summed E-state index contributed by atoms with van der Waals surface area (Å²) in [6.07, 6.45) is 0.986. The van der Waals surface area contributed by atoms with Crippen molar-refractivity contribution in [2.75, 3.05) is 24.5 Å². The summed E-state index contributed by atoms with van der Waals surface area (Å²) in [6, 6.07) is 2.66. The summed E-state index contributed by atoms with van der Waals surface area (Å²) in [6.45, 7) is 2.23. The third kappa shape index (κ3) is 2.53. The second-order valence-corrected chi connectivity index (χ2v) is 5.17. The lowest BCUT2D eigenvalue weighted by Crippen LogP contribution is -2.23. The summed E-state index contributed by atoms with van der Waals surface area (Å²) >= 11 is 12.2. The summed E-state index contributed by atoms with van der Waals surface area (Å²) in [4.78, 5) is 12.2. The number of nitrogens with zero attached hydrogens (tertiary/aromatic N) is 2. The van der Waals surface area contributed by atoms with Gasteiger partial charge in [-0.3, -0.25) is 10.1 Å². The zero-order valence-electron chi connectivity index (χ0n) is 9.60. The fraction of sp³-hybridized carbons (Fsp3) is 0.455. The minimum atomic E-state index is -0.506. The number of nitro benzene ring substituents is 1. The van der Waals surface area contributed by atoms with Crippen molar-refractivity contribution in [1.29, 1.82) is 0 Å². The molecule has 1 fully saturated rings. The summed E-state index contributed by atoms with van der Waals surface area (Å²) < 4.78 is 0. The monoisotopic (exact) mass is 289 g/mol. The van der Waals surface area contributed by atoms with Gasteiger partial charge in [-0.15, -0.1) is 0 Å². The predicted octanol–water partition coefficient (Wildman–Crippen LogP) is 2.69. The molecule has 5 nitrogen and oxygen atoms in total. The van der Waals surface area contributed by atoms with Crippen molar-refractivity contribution in [2.24, 2.45) is 11.7 Å². The molecular weight excluding hydrogens is 277 g/mol. The molecule has 0 spiro atoms. The second-order valence-electron chi connectivity index (χ2n) is 4.35. The fourth-order valence-electron chi connectivity index (χ4n) is 2.19. The first-order valence-corrected chi connectivity index (χ1v) is 6.37. The average Bonchev–Trinajstić information content (AvgIpc) is 2.76. The molecule has 0 aliphatic carbocycles. The molecule has 0 radical (unpaired) electrons. The van der Waals surface area contributed by atoms with Crippen LogP contribution in [0.25, 0.3) is 0 Å². The van der Waals surface area contributed by atoms with Crippen molar-refractivity contribution >= 4 is 34.6 Å². The molecule has 1 aliphatic rings. The van der Waals surface area contributed by atoms with Crippen molar-refractivity contribution < 1.29 is 4.92 Å². The third-order valence-electron chi connectivity index (χ3n) is 3.15. The minimum absolute atomic E-state index is 0.0941. The van der Waals surface area contributed by atoms with Gasteiger partial charge in [0.15, 0.2) is 0 Å². The van der Waals surface area contributed by atoms with Crippen molar-refractivity contribution in [3.8, 4) is 0 Å². The topological polar surface area (TPSA) is 72.4 Å². The lowest BCUT2D eigenvalue weighted by atomic mass is 10.1. The number of rotatable bonds is 3. The van der Waals surface area contributed by atoms with Gasteiger partial charge in [0, 0.05) is 25.2 Å². The normalized spacial score (nSPS) is 19.3. The molecule has 1 aromatic carbocycles. The molecular formula is C11H13Cl2N3O2. The van der Waals surface area contributed by atoms with E-state index in [1.165, 1.54) is 12.1 Å². The maximum absolute atomic E-state index is 10.7. The van der Waals surface area contributed by atoms with Crippen molar-refractivity contribution in [2.45, 2.75) is 6.42 Å². The molecule has 0 saturated carbocycles. The molecule has 1 aromatic rings. The van der Waals surface area contributed by atoms with Gasteiger partial charge in [-0.05, 0) is 18.9 Å². The minimum Gasteiger partial charge on any atom is -0.369 e. The number of nitro groups is 1. The van der Waals surface area contributed by atoms with Crippen LogP contribution in [-0.2, 0) is 0 Å². The fourth-order valence-corrected chi connectivity index (χ4v) is 2.90. The molecule has 7 heteroatoms. The number of hydrogen-bond acceptors (Lipinski definition) is 4. The number of benzene rings is 1. The van der Waals surface area contributed by atoms with Crippen LogP contribution >= 0.6 is 23.2 Å². The summed E-state index contributed by atoms with van der Waals surface area (Å²) in [5, 5.41) is 11.3. The van der Waals surface area contributed by atoms with E-state index >= 15 is 0 Å². The molecule has 1 aliphatic heterocycles. The molecule has 0 bridgehead atoms. The SMILES string of the molecule is NCC1CCN(c2c(Cl)cc([N+](=O)[O-])cc2Cl)C1. The molecule has 1 saturated heterocycles. The first-order chi connectivity index (χ1) is 8.52. The van der Waals surface area contributed by atoms with Crippen molar-refractivity contribution in [3.05, 3.63) is 32.3 Å². The van der Waals surface area contributed by atoms with Crippen LogP contribution < -0.4 is 10.6 Å². The summed E-state index contributed by atoms with van der Waals surface area (Å²) in [5.74, 6) is 0.423. The summed E-state index contributed by atoms with van der Waals surface area (Å²) in [7, 11) is 0. The van der Waals surface area contributed by atoms with Crippen molar-refractivity contribution in [3.63, 3.8) is 0 Å². The smallest absolute Gasteiger partial charge is 0.272 e. The Morgan fingerprint density at radius 2 is 2.06 bits per heavy atom. The largest absolute Gasteiger partial charge is 0.369 e. The Hall–Kier alpha value is -1.04. The first-order valence-electron chi connectivity index (χ1n) is 5.61. The van der Waals surface area contributed by atoms with E-state index in [0.29, 0.717) is 28.2 Å². The Morgan fingerprint density at radius 1 is 1.44 bits per heavy atom. The molecule has 1 unspecified atom stereocenters. The molecule has 98 valence electrons. The van der Waals surface area contributed by atoms with Gasteiger partial charge >= 0.3 is 0 Å².